The second-order valence-electron chi connectivity index (χ2n) is 7.16. The van der Waals surface area contributed by atoms with Gasteiger partial charge in [-0.05, 0) is 42.6 Å². The van der Waals surface area contributed by atoms with Crippen molar-refractivity contribution < 1.29 is 4.74 Å². The number of hydrogen-bond donors (Lipinski definition) is 2. The molecule has 2 heterocycles. The number of ether oxygens (including phenoxy) is 1. The van der Waals surface area contributed by atoms with E-state index in [2.05, 4.69) is 55.7 Å². The van der Waals surface area contributed by atoms with Gasteiger partial charge in [-0.2, -0.15) is 5.10 Å². The molecular formula is C22H25N5O2. The number of aromatic nitrogens is 2. The molecule has 1 aliphatic heterocycles. The quantitative estimate of drug-likeness (QED) is 0.605. The number of aromatic amines is 1. The van der Waals surface area contributed by atoms with E-state index in [9.17, 15) is 4.79 Å². The van der Waals surface area contributed by atoms with Crippen LogP contribution < -0.4 is 11.0 Å². The van der Waals surface area contributed by atoms with Crippen LogP contribution in [0.25, 0.3) is 6.08 Å². The molecule has 1 aromatic heterocycles. The molecule has 0 saturated carbocycles. The summed E-state index contributed by atoms with van der Waals surface area (Å²) in [6, 6.07) is 11.8. The Balaban J connectivity index is 1.61. The van der Waals surface area contributed by atoms with Crippen molar-refractivity contribution in [2.24, 2.45) is 5.10 Å². The van der Waals surface area contributed by atoms with Gasteiger partial charge in [0.05, 0.1) is 19.4 Å². The first-order valence-corrected chi connectivity index (χ1v) is 9.88. The number of hydrogen-bond acceptors (Lipinski definition) is 6. The molecule has 1 fully saturated rings. The number of anilines is 1. The highest BCUT2D eigenvalue weighted by Crippen LogP contribution is 2.34. The predicted molar refractivity (Wildman–Crippen MR) is 115 cm³/mol. The minimum Gasteiger partial charge on any atom is -0.378 e. The number of nitrogens with zero attached hydrogens (tertiary/aromatic N) is 3. The summed E-state index contributed by atoms with van der Waals surface area (Å²) >= 11 is 0. The third-order valence-electron chi connectivity index (χ3n) is 5.00. The normalized spacial score (nSPS) is 18.8. The predicted octanol–water partition coefficient (Wildman–Crippen LogP) is 2.94. The maximum absolute atomic E-state index is 11.6. The highest BCUT2D eigenvalue weighted by atomic mass is 16.5. The molecule has 1 aromatic carbocycles. The van der Waals surface area contributed by atoms with Crippen molar-refractivity contribution in [1.82, 2.24) is 14.9 Å². The zero-order valence-electron chi connectivity index (χ0n) is 16.5. The van der Waals surface area contributed by atoms with Crippen molar-refractivity contribution in [3.63, 3.8) is 0 Å². The Morgan fingerprint density at radius 3 is 2.76 bits per heavy atom. The molecule has 150 valence electrons. The summed E-state index contributed by atoms with van der Waals surface area (Å²) in [4.78, 5) is 20.9. The van der Waals surface area contributed by atoms with Crippen molar-refractivity contribution in [3.05, 3.63) is 74.9 Å². The van der Waals surface area contributed by atoms with Gasteiger partial charge in [0, 0.05) is 30.5 Å². The van der Waals surface area contributed by atoms with Gasteiger partial charge in [-0.3, -0.25) is 9.78 Å². The van der Waals surface area contributed by atoms with Crippen molar-refractivity contribution in [3.8, 4) is 0 Å². The van der Waals surface area contributed by atoms with Crippen LogP contribution in [0.5, 0.6) is 0 Å². The third-order valence-corrected chi connectivity index (χ3v) is 5.00. The summed E-state index contributed by atoms with van der Waals surface area (Å²) in [5, 5.41) is 4.34. The van der Waals surface area contributed by atoms with Crippen LogP contribution in [0.2, 0.25) is 0 Å². The fraction of sp³-hybridized carbons (Fsp3) is 0.318. The molecule has 2 aliphatic rings. The first kappa shape index (κ1) is 19.1. The SMILES string of the molecule is Cc1cc(=O)[nH]c(NN=CC2=C(N3CCOCC3)C(=Cc3ccccc3)CC2)n1. The molecule has 2 N–H and O–H groups in total. The molecule has 4 rings (SSSR count). The minimum absolute atomic E-state index is 0.197. The van der Waals surface area contributed by atoms with Crippen LogP contribution in [0.4, 0.5) is 5.95 Å². The molecule has 0 amide bonds. The summed E-state index contributed by atoms with van der Waals surface area (Å²) < 4.78 is 5.54. The molecule has 7 nitrogen and oxygen atoms in total. The standard InChI is InChI=1S/C22H25N5O2/c1-16-13-20(28)25-22(24-16)26-23-15-19-8-7-18(14-17-5-3-2-4-6-17)21(19)27-9-11-29-12-10-27/h2-6,13-15H,7-12H2,1H3,(H2,24,25,26,28). The molecule has 1 saturated heterocycles. The summed E-state index contributed by atoms with van der Waals surface area (Å²) in [5.41, 5.74) is 8.24. The number of rotatable bonds is 5. The van der Waals surface area contributed by atoms with Gasteiger partial charge in [-0.25, -0.2) is 10.4 Å². The summed E-state index contributed by atoms with van der Waals surface area (Å²) in [6.07, 6.45) is 6.01. The number of morpholine rings is 1. The largest absolute Gasteiger partial charge is 0.378 e. The molecule has 0 atom stereocenters. The Hall–Kier alpha value is -3.19. The fourth-order valence-electron chi connectivity index (χ4n) is 3.73. The Morgan fingerprint density at radius 1 is 1.21 bits per heavy atom. The van der Waals surface area contributed by atoms with Crippen LogP contribution in [0, 0.1) is 6.92 Å². The molecule has 0 radical (unpaired) electrons. The number of benzene rings is 1. The van der Waals surface area contributed by atoms with E-state index in [-0.39, 0.29) is 5.56 Å². The Labute approximate surface area is 169 Å². The van der Waals surface area contributed by atoms with Crippen LogP contribution >= 0.6 is 0 Å². The first-order valence-electron chi connectivity index (χ1n) is 9.88. The highest BCUT2D eigenvalue weighted by Gasteiger charge is 2.25. The maximum atomic E-state index is 11.6. The average Bonchev–Trinajstić information content (AvgIpc) is 3.11. The van der Waals surface area contributed by atoms with E-state index >= 15 is 0 Å². The fourth-order valence-corrected chi connectivity index (χ4v) is 3.73. The van der Waals surface area contributed by atoms with E-state index in [0.29, 0.717) is 11.6 Å². The summed E-state index contributed by atoms with van der Waals surface area (Å²) in [7, 11) is 0. The molecule has 0 bridgehead atoms. The molecule has 2 aromatic rings. The number of aryl methyl sites for hydroxylation is 1. The van der Waals surface area contributed by atoms with Gasteiger partial charge < -0.3 is 9.64 Å². The van der Waals surface area contributed by atoms with E-state index in [1.54, 1.807) is 6.92 Å². The van der Waals surface area contributed by atoms with E-state index in [1.165, 1.54) is 28.5 Å². The lowest BCUT2D eigenvalue weighted by atomic mass is 10.1. The Morgan fingerprint density at radius 2 is 2.00 bits per heavy atom. The monoisotopic (exact) mass is 391 g/mol. The average molecular weight is 391 g/mol. The van der Waals surface area contributed by atoms with Gasteiger partial charge in [0.1, 0.15) is 0 Å². The summed E-state index contributed by atoms with van der Waals surface area (Å²) in [6.45, 7) is 5.00. The van der Waals surface area contributed by atoms with E-state index in [4.69, 9.17) is 4.74 Å². The van der Waals surface area contributed by atoms with Crippen LogP contribution in [0.1, 0.15) is 24.1 Å². The van der Waals surface area contributed by atoms with Crippen LogP contribution in [0.3, 0.4) is 0 Å². The van der Waals surface area contributed by atoms with Gasteiger partial charge in [-0.1, -0.05) is 30.3 Å². The van der Waals surface area contributed by atoms with Gasteiger partial charge in [-0.15, -0.1) is 0 Å². The smallest absolute Gasteiger partial charge is 0.252 e. The number of hydrazone groups is 1. The van der Waals surface area contributed by atoms with E-state index in [0.717, 1.165) is 39.1 Å². The van der Waals surface area contributed by atoms with Crippen molar-refractivity contribution in [2.75, 3.05) is 31.7 Å². The lowest BCUT2D eigenvalue weighted by molar-refractivity contribution is 0.0548. The summed E-state index contributed by atoms with van der Waals surface area (Å²) in [5.74, 6) is 0.345. The third kappa shape index (κ3) is 4.81. The molecule has 1 aliphatic carbocycles. The Bertz CT molecular complexity index is 1000. The number of allylic oxidation sites excluding steroid dienone is 2. The van der Waals surface area contributed by atoms with Crippen molar-refractivity contribution in [1.29, 1.82) is 0 Å². The number of H-pyrrole nitrogens is 1. The van der Waals surface area contributed by atoms with Gasteiger partial charge in [0.15, 0.2) is 0 Å². The lowest BCUT2D eigenvalue weighted by Gasteiger charge is -2.31. The van der Waals surface area contributed by atoms with Gasteiger partial charge in [0.2, 0.25) is 5.95 Å². The molecule has 0 spiro atoms. The minimum atomic E-state index is -0.197. The van der Waals surface area contributed by atoms with Crippen LogP contribution in [0.15, 0.2) is 63.1 Å². The first-order chi connectivity index (χ1) is 14.2. The maximum Gasteiger partial charge on any atom is 0.252 e. The topological polar surface area (TPSA) is 82.6 Å². The highest BCUT2D eigenvalue weighted by molar-refractivity contribution is 5.84. The van der Waals surface area contributed by atoms with Gasteiger partial charge in [0.25, 0.3) is 5.56 Å². The second kappa shape index (κ2) is 8.87. The number of nitrogens with one attached hydrogen (secondary N) is 2. The zero-order chi connectivity index (χ0) is 20.1. The molecule has 29 heavy (non-hydrogen) atoms. The molecule has 0 unspecified atom stereocenters. The van der Waals surface area contributed by atoms with Crippen LogP contribution in [-0.4, -0.2) is 47.4 Å². The second-order valence-corrected chi connectivity index (χ2v) is 7.16. The van der Waals surface area contributed by atoms with Crippen LogP contribution in [-0.2, 0) is 4.74 Å². The Kier molecular flexibility index (Phi) is 5.86. The molecule has 7 heteroatoms. The van der Waals surface area contributed by atoms with Gasteiger partial charge >= 0.3 is 0 Å². The van der Waals surface area contributed by atoms with E-state index in [1.807, 2.05) is 12.3 Å². The van der Waals surface area contributed by atoms with E-state index < -0.39 is 0 Å². The lowest BCUT2D eigenvalue weighted by Crippen LogP contribution is -2.36. The van der Waals surface area contributed by atoms with Crippen molar-refractivity contribution in [2.45, 2.75) is 19.8 Å². The molecular weight excluding hydrogens is 366 g/mol. The zero-order valence-corrected chi connectivity index (χ0v) is 16.5. The van der Waals surface area contributed by atoms with Crippen molar-refractivity contribution >= 4 is 18.2 Å².